The summed E-state index contributed by atoms with van der Waals surface area (Å²) in [5, 5.41) is 16.0. The van der Waals surface area contributed by atoms with Gasteiger partial charge in [-0.05, 0) is 19.1 Å². The maximum absolute atomic E-state index is 11.2. The normalized spacial score (nSPS) is 22.3. The number of nitro groups is 1. The van der Waals surface area contributed by atoms with Crippen LogP contribution in [0.1, 0.15) is 6.92 Å². The Morgan fingerprint density at radius 3 is 2.68 bits per heavy atom. The minimum atomic E-state index is -4.02. The lowest BCUT2D eigenvalue weighted by Gasteiger charge is -2.27. The molecule has 1 fully saturated rings. The van der Waals surface area contributed by atoms with Crippen LogP contribution >= 0.6 is 0 Å². The second-order valence-corrected chi connectivity index (χ2v) is 6.40. The fourth-order valence-electron chi connectivity index (χ4n) is 1.86. The van der Waals surface area contributed by atoms with E-state index in [2.05, 4.69) is 0 Å². The van der Waals surface area contributed by atoms with Crippen LogP contribution in [0.15, 0.2) is 23.1 Å². The summed E-state index contributed by atoms with van der Waals surface area (Å²) in [6.07, 6.45) is -0.339. The van der Waals surface area contributed by atoms with Gasteiger partial charge in [-0.15, -0.1) is 0 Å². The van der Waals surface area contributed by atoms with Crippen LogP contribution in [-0.4, -0.2) is 45.4 Å². The highest BCUT2D eigenvalue weighted by Gasteiger charge is 2.23. The number of nitrogens with zero attached hydrogens (tertiary/aromatic N) is 1. The summed E-state index contributed by atoms with van der Waals surface area (Å²) in [5.41, 5.74) is -0.475. The van der Waals surface area contributed by atoms with Crippen LogP contribution in [0.5, 0.6) is 5.75 Å². The highest BCUT2D eigenvalue weighted by atomic mass is 32.2. The van der Waals surface area contributed by atoms with E-state index < -0.39 is 20.6 Å². The molecule has 0 radical (unpaired) electrons. The second kappa shape index (κ2) is 6.57. The molecule has 0 bridgehead atoms. The van der Waals surface area contributed by atoms with E-state index in [0.717, 1.165) is 12.1 Å². The molecule has 122 valence electrons. The quantitative estimate of drug-likeness (QED) is 0.610. The fourth-order valence-corrected chi connectivity index (χ4v) is 2.39. The molecule has 1 aliphatic heterocycles. The molecule has 1 saturated heterocycles. The lowest BCUT2D eigenvalue weighted by atomic mass is 10.3. The van der Waals surface area contributed by atoms with E-state index in [4.69, 9.17) is 19.3 Å². The Kier molecular flexibility index (Phi) is 4.96. The van der Waals surface area contributed by atoms with E-state index in [0.29, 0.717) is 13.2 Å². The Morgan fingerprint density at radius 1 is 1.41 bits per heavy atom. The maximum Gasteiger partial charge on any atom is 0.312 e. The lowest BCUT2D eigenvalue weighted by molar-refractivity contribution is -0.386. The van der Waals surface area contributed by atoms with Gasteiger partial charge >= 0.3 is 5.69 Å². The van der Waals surface area contributed by atoms with E-state index in [1.54, 1.807) is 0 Å². The first-order valence-electron chi connectivity index (χ1n) is 6.44. The Labute approximate surface area is 127 Å². The van der Waals surface area contributed by atoms with Gasteiger partial charge in [-0.3, -0.25) is 10.1 Å². The van der Waals surface area contributed by atoms with E-state index in [1.807, 2.05) is 6.92 Å². The lowest BCUT2D eigenvalue weighted by Crippen LogP contribution is -2.37. The molecule has 0 unspecified atom stereocenters. The minimum absolute atomic E-state index is 0.000342. The summed E-state index contributed by atoms with van der Waals surface area (Å²) in [5.74, 6) is -0.0559. The average molecular weight is 332 g/mol. The predicted molar refractivity (Wildman–Crippen MR) is 75.1 cm³/mol. The van der Waals surface area contributed by atoms with Crippen molar-refractivity contribution in [3.63, 3.8) is 0 Å². The second-order valence-electron chi connectivity index (χ2n) is 4.84. The van der Waals surface area contributed by atoms with Gasteiger partial charge in [0.2, 0.25) is 10.0 Å². The highest BCUT2D eigenvalue weighted by molar-refractivity contribution is 7.89. The van der Waals surface area contributed by atoms with Gasteiger partial charge in [-0.2, -0.15) is 0 Å². The van der Waals surface area contributed by atoms with E-state index in [1.165, 1.54) is 6.07 Å². The number of hydrogen-bond acceptors (Lipinski definition) is 7. The topological polar surface area (TPSA) is 131 Å². The van der Waals surface area contributed by atoms with Crippen LogP contribution in [0.2, 0.25) is 0 Å². The minimum Gasteiger partial charge on any atom is -0.484 e. The smallest absolute Gasteiger partial charge is 0.312 e. The van der Waals surface area contributed by atoms with E-state index in [-0.39, 0.29) is 29.5 Å². The molecule has 22 heavy (non-hydrogen) atoms. The van der Waals surface area contributed by atoms with Gasteiger partial charge in [-0.1, -0.05) is 0 Å². The standard InChI is InChI=1S/C12H16N2O7S/c1-8-5-20-9(6-19-8)7-21-12-3-2-10(22(13,17)18)4-11(12)14(15)16/h2-4,8-9H,5-7H2,1H3,(H2,13,17,18)/t8-,9-/m1/s1. The van der Waals surface area contributed by atoms with Gasteiger partial charge in [0.25, 0.3) is 0 Å². The first kappa shape index (κ1) is 16.6. The maximum atomic E-state index is 11.2. The third-order valence-corrected chi connectivity index (χ3v) is 3.92. The van der Waals surface area contributed by atoms with Crippen LogP contribution in [0.4, 0.5) is 5.69 Å². The van der Waals surface area contributed by atoms with Crippen molar-refractivity contribution in [1.82, 2.24) is 0 Å². The molecular weight excluding hydrogens is 316 g/mol. The van der Waals surface area contributed by atoms with Crippen molar-refractivity contribution in [2.24, 2.45) is 5.14 Å². The number of benzene rings is 1. The summed E-state index contributed by atoms with van der Waals surface area (Å²) < 4.78 is 38.7. The van der Waals surface area contributed by atoms with Gasteiger partial charge in [0.1, 0.15) is 12.7 Å². The van der Waals surface area contributed by atoms with Crippen LogP contribution in [0.25, 0.3) is 0 Å². The van der Waals surface area contributed by atoms with Crippen molar-refractivity contribution in [3.05, 3.63) is 28.3 Å². The molecule has 2 rings (SSSR count). The first-order chi connectivity index (χ1) is 10.3. The summed E-state index contributed by atoms with van der Waals surface area (Å²) in [7, 11) is -4.02. The van der Waals surface area contributed by atoms with E-state index in [9.17, 15) is 18.5 Å². The highest BCUT2D eigenvalue weighted by Crippen LogP contribution is 2.29. The van der Waals surface area contributed by atoms with Crippen LogP contribution in [0.3, 0.4) is 0 Å². The Balaban J connectivity index is 2.12. The van der Waals surface area contributed by atoms with Gasteiger partial charge in [0, 0.05) is 6.07 Å². The molecule has 0 aliphatic carbocycles. The summed E-state index contributed by atoms with van der Waals surface area (Å²) in [6.45, 7) is 2.67. The Bertz CT molecular complexity index is 653. The van der Waals surface area contributed by atoms with Crippen molar-refractivity contribution in [3.8, 4) is 5.75 Å². The number of rotatable bonds is 5. The van der Waals surface area contributed by atoms with Crippen molar-refractivity contribution >= 4 is 15.7 Å². The van der Waals surface area contributed by atoms with E-state index >= 15 is 0 Å². The van der Waals surface area contributed by atoms with Crippen LogP contribution < -0.4 is 9.88 Å². The molecule has 1 heterocycles. The van der Waals surface area contributed by atoms with Crippen molar-refractivity contribution in [1.29, 1.82) is 0 Å². The fraction of sp³-hybridized carbons (Fsp3) is 0.500. The molecule has 0 aromatic heterocycles. The SMILES string of the molecule is C[C@@H]1CO[C@@H](COc2ccc(S(N)(=O)=O)cc2[N+](=O)[O-])CO1. The van der Waals surface area contributed by atoms with Crippen molar-refractivity contribution < 1.29 is 27.6 Å². The van der Waals surface area contributed by atoms with Crippen LogP contribution in [-0.2, 0) is 19.5 Å². The number of nitro benzene ring substituents is 1. The van der Waals surface area contributed by atoms with Gasteiger partial charge < -0.3 is 14.2 Å². The van der Waals surface area contributed by atoms with Gasteiger partial charge in [0.15, 0.2) is 5.75 Å². The Hall–Kier alpha value is -1.75. The zero-order valence-corrected chi connectivity index (χ0v) is 12.6. The number of primary sulfonamides is 1. The molecule has 0 spiro atoms. The molecule has 0 saturated carbocycles. The molecule has 9 nitrogen and oxygen atoms in total. The number of sulfonamides is 1. The molecule has 1 aromatic carbocycles. The van der Waals surface area contributed by atoms with Crippen molar-refractivity contribution in [2.75, 3.05) is 19.8 Å². The molecule has 2 atom stereocenters. The summed E-state index contributed by atoms with van der Waals surface area (Å²) >= 11 is 0. The predicted octanol–water partition coefficient (Wildman–Crippen LogP) is 0.425. The number of ether oxygens (including phenoxy) is 3. The molecular formula is C12H16N2O7S. The number of hydrogen-bond donors (Lipinski definition) is 1. The molecule has 1 aliphatic rings. The zero-order chi connectivity index (χ0) is 16.3. The number of nitrogens with two attached hydrogens (primary N) is 1. The van der Waals surface area contributed by atoms with Gasteiger partial charge in [0.05, 0.1) is 29.1 Å². The first-order valence-corrected chi connectivity index (χ1v) is 7.99. The third-order valence-electron chi connectivity index (χ3n) is 3.01. The summed E-state index contributed by atoms with van der Waals surface area (Å²) in [6, 6.07) is 3.22. The third kappa shape index (κ3) is 4.13. The van der Waals surface area contributed by atoms with Gasteiger partial charge in [-0.25, -0.2) is 13.6 Å². The molecule has 2 N–H and O–H groups in total. The molecule has 0 amide bonds. The van der Waals surface area contributed by atoms with Crippen molar-refractivity contribution in [2.45, 2.75) is 24.0 Å². The summed E-state index contributed by atoms with van der Waals surface area (Å²) in [4.78, 5) is 9.95. The average Bonchev–Trinajstić information content (AvgIpc) is 2.45. The zero-order valence-electron chi connectivity index (χ0n) is 11.8. The molecule has 10 heteroatoms. The monoisotopic (exact) mass is 332 g/mol. The van der Waals surface area contributed by atoms with Crippen LogP contribution in [0, 0.1) is 10.1 Å². The molecule has 1 aromatic rings. The Morgan fingerprint density at radius 2 is 2.14 bits per heavy atom. The largest absolute Gasteiger partial charge is 0.484 e.